The Morgan fingerprint density at radius 2 is 2.45 bits per heavy atom. The van der Waals surface area contributed by atoms with E-state index in [4.69, 9.17) is 4.74 Å². The molecule has 0 saturated carbocycles. The monoisotopic (exact) mass is 147 g/mol. The van der Waals surface area contributed by atoms with Crippen molar-refractivity contribution in [2.75, 3.05) is 6.61 Å². The third-order valence-electron chi connectivity index (χ3n) is 2.03. The van der Waals surface area contributed by atoms with E-state index in [1.165, 1.54) is 0 Å². The number of aliphatic imine (C=N–C) groups is 1. The zero-order chi connectivity index (χ0) is 7.56. The molecule has 0 radical (unpaired) electrons. The molecule has 0 amide bonds. The van der Waals surface area contributed by atoms with Gasteiger partial charge < -0.3 is 11.7 Å². The number of hydrogen-bond acceptors (Lipinski definition) is 2. The van der Waals surface area contributed by atoms with E-state index in [-0.39, 0.29) is 18.9 Å². The molecule has 0 unspecified atom stereocenters. The van der Waals surface area contributed by atoms with Gasteiger partial charge in [-0.05, 0) is 5.92 Å². The van der Waals surface area contributed by atoms with E-state index in [9.17, 15) is 0 Å². The van der Waals surface area contributed by atoms with Crippen LogP contribution in [0.3, 0.4) is 0 Å². The molecule has 0 saturated heterocycles. The summed E-state index contributed by atoms with van der Waals surface area (Å²) >= 11 is 0. The Morgan fingerprint density at radius 1 is 1.82 bits per heavy atom. The first-order valence-electron chi connectivity index (χ1n) is 3.76. The normalized spacial score (nSPS) is 24.9. The fourth-order valence-electron chi connectivity index (χ4n) is 1.00. The van der Waals surface area contributed by atoms with Gasteiger partial charge >= 0.3 is 18.9 Å². The maximum Gasteiger partial charge on any atom is 1.00 e. The summed E-state index contributed by atoms with van der Waals surface area (Å²) in [6.07, 6.45) is 1.16. The van der Waals surface area contributed by atoms with Gasteiger partial charge in [-0.1, -0.05) is 20.3 Å². The molecule has 0 fully saturated rings. The molecule has 0 spiro atoms. The molecular weight excluding hydrogens is 133 g/mol. The fraction of sp³-hybridized carbons (Fsp3) is 0.750. The molecule has 58 valence electrons. The van der Waals surface area contributed by atoms with Crippen molar-refractivity contribution in [3.05, 3.63) is 6.92 Å². The summed E-state index contributed by atoms with van der Waals surface area (Å²) in [6, 6.07) is 0.359. The van der Waals surface area contributed by atoms with Crippen molar-refractivity contribution in [1.82, 2.24) is 0 Å². The van der Waals surface area contributed by atoms with Crippen LogP contribution in [0.4, 0.5) is 0 Å². The van der Waals surface area contributed by atoms with Crippen molar-refractivity contribution in [3.8, 4) is 0 Å². The van der Waals surface area contributed by atoms with Crippen molar-refractivity contribution in [2.24, 2.45) is 10.9 Å². The molecule has 1 aliphatic rings. The third-order valence-corrected chi connectivity index (χ3v) is 2.03. The van der Waals surface area contributed by atoms with Gasteiger partial charge in [0.1, 0.15) is 6.61 Å². The van der Waals surface area contributed by atoms with Crippen molar-refractivity contribution in [1.29, 1.82) is 0 Å². The molecule has 0 aliphatic carbocycles. The molecule has 0 aromatic carbocycles. The number of rotatable bonds is 2. The van der Waals surface area contributed by atoms with E-state index < -0.39 is 0 Å². The van der Waals surface area contributed by atoms with Crippen LogP contribution in [0, 0.1) is 12.8 Å². The fourth-order valence-corrected chi connectivity index (χ4v) is 1.00. The molecule has 11 heavy (non-hydrogen) atoms. The molecule has 1 aliphatic heterocycles. The average Bonchev–Trinajstić information content (AvgIpc) is 2.34. The molecule has 0 N–H and O–H groups in total. The zero-order valence-electron chi connectivity index (χ0n) is 7.63. The van der Waals surface area contributed by atoms with Crippen LogP contribution in [0.1, 0.15) is 20.3 Å². The smallest absolute Gasteiger partial charge is 0.508 e. The number of hydrogen-bond donors (Lipinski definition) is 0. The van der Waals surface area contributed by atoms with Crippen LogP contribution < -0.4 is 18.9 Å². The van der Waals surface area contributed by atoms with Crippen LogP contribution in [-0.4, -0.2) is 18.5 Å². The standard InChI is InChI=1S/C8H14NO.Li/c1-4-6(2)8-5-10-7(3)9-8;/h6,8H,3-5H2,1-2H3;/q-1;+1/t6-,8+;/m0./s1. The van der Waals surface area contributed by atoms with Crippen LogP contribution in [-0.2, 0) is 4.74 Å². The first kappa shape index (κ1) is 10.9. The van der Waals surface area contributed by atoms with Crippen molar-refractivity contribution >= 4 is 5.90 Å². The summed E-state index contributed by atoms with van der Waals surface area (Å²) in [7, 11) is 0. The van der Waals surface area contributed by atoms with E-state index in [2.05, 4.69) is 25.8 Å². The summed E-state index contributed by atoms with van der Waals surface area (Å²) in [5.74, 6) is 1.23. The molecule has 2 nitrogen and oxygen atoms in total. The van der Waals surface area contributed by atoms with Gasteiger partial charge in [0.05, 0.1) is 6.04 Å². The summed E-state index contributed by atoms with van der Waals surface area (Å²) in [5, 5.41) is 0. The van der Waals surface area contributed by atoms with Crippen LogP contribution in [0.15, 0.2) is 4.99 Å². The van der Waals surface area contributed by atoms with Crippen LogP contribution in [0.25, 0.3) is 0 Å². The minimum absolute atomic E-state index is 0. The molecule has 2 atom stereocenters. The largest absolute Gasteiger partial charge is 1.00 e. The number of nitrogens with zero attached hydrogens (tertiary/aromatic N) is 1. The quantitative estimate of drug-likeness (QED) is 0.350. The van der Waals surface area contributed by atoms with Gasteiger partial charge in [0.2, 0.25) is 0 Å². The van der Waals surface area contributed by atoms with Crippen LogP contribution in [0.5, 0.6) is 0 Å². The Morgan fingerprint density at radius 3 is 2.82 bits per heavy atom. The summed E-state index contributed by atoms with van der Waals surface area (Å²) in [4.78, 5) is 4.24. The first-order valence-corrected chi connectivity index (χ1v) is 3.76. The van der Waals surface area contributed by atoms with Gasteiger partial charge in [-0.25, -0.2) is 0 Å². The Labute approximate surface area is 80.6 Å². The van der Waals surface area contributed by atoms with E-state index in [0.717, 1.165) is 13.0 Å². The van der Waals surface area contributed by atoms with Crippen LogP contribution >= 0.6 is 0 Å². The second-order valence-corrected chi connectivity index (χ2v) is 2.79. The molecule has 0 bridgehead atoms. The minimum atomic E-state index is 0. The predicted molar refractivity (Wildman–Crippen MR) is 42.0 cm³/mol. The van der Waals surface area contributed by atoms with Gasteiger partial charge in [-0.15, -0.1) is 0 Å². The first-order chi connectivity index (χ1) is 4.74. The molecule has 3 heteroatoms. The van der Waals surface area contributed by atoms with Gasteiger partial charge in [0, 0.05) is 5.90 Å². The van der Waals surface area contributed by atoms with Gasteiger partial charge in [-0.3, -0.25) is 4.99 Å². The summed E-state index contributed by atoms with van der Waals surface area (Å²) in [5.41, 5.74) is 0. The van der Waals surface area contributed by atoms with Crippen LogP contribution in [0.2, 0.25) is 0 Å². The average molecular weight is 147 g/mol. The third kappa shape index (κ3) is 2.81. The zero-order valence-corrected chi connectivity index (χ0v) is 7.63. The van der Waals surface area contributed by atoms with E-state index in [1.807, 2.05) is 0 Å². The molecule has 0 aromatic heterocycles. The summed E-state index contributed by atoms with van der Waals surface area (Å²) in [6.45, 7) is 8.72. The Bertz CT molecular complexity index is 147. The van der Waals surface area contributed by atoms with Gasteiger partial charge in [0.25, 0.3) is 0 Å². The maximum absolute atomic E-state index is 5.13. The number of ether oxygens (including phenoxy) is 1. The van der Waals surface area contributed by atoms with Gasteiger partial charge in [0.15, 0.2) is 0 Å². The minimum Gasteiger partial charge on any atom is -0.508 e. The predicted octanol–water partition coefficient (Wildman–Crippen LogP) is -1.33. The van der Waals surface area contributed by atoms with Gasteiger partial charge in [-0.2, -0.15) is 0 Å². The maximum atomic E-state index is 5.13. The molecular formula is C8H14LiNO. The van der Waals surface area contributed by atoms with Crippen molar-refractivity contribution < 1.29 is 23.6 Å². The molecule has 0 aromatic rings. The van der Waals surface area contributed by atoms with Crippen molar-refractivity contribution in [3.63, 3.8) is 0 Å². The van der Waals surface area contributed by atoms with E-state index in [1.54, 1.807) is 0 Å². The summed E-state index contributed by atoms with van der Waals surface area (Å²) < 4.78 is 5.13. The van der Waals surface area contributed by atoms with E-state index >= 15 is 0 Å². The van der Waals surface area contributed by atoms with E-state index in [0.29, 0.717) is 17.9 Å². The van der Waals surface area contributed by atoms with Crippen molar-refractivity contribution in [2.45, 2.75) is 26.3 Å². The Kier molecular flexibility index (Phi) is 4.72. The molecule has 1 heterocycles. The second kappa shape index (κ2) is 4.74. The second-order valence-electron chi connectivity index (χ2n) is 2.79. The Hall–Kier alpha value is -0.0626. The molecule has 1 rings (SSSR count). The Balaban J connectivity index is 0.000001000. The SMILES string of the molecule is [CH2-]C1=N[C@@H]([C@@H](C)CC)CO1.[Li+]. The topological polar surface area (TPSA) is 21.6 Å².